The first kappa shape index (κ1) is 17.9. The highest BCUT2D eigenvalue weighted by molar-refractivity contribution is 14.1. The molecule has 0 radical (unpaired) electrons. The highest BCUT2D eigenvalue weighted by Gasteiger charge is 2.21. The fourth-order valence-electron chi connectivity index (χ4n) is 2.63. The second kappa shape index (κ2) is 7.97. The van der Waals surface area contributed by atoms with Gasteiger partial charge in [-0.2, -0.15) is 0 Å². The van der Waals surface area contributed by atoms with Crippen LogP contribution in [-0.2, 0) is 11.2 Å². The zero-order chi connectivity index (χ0) is 17.1. The number of benzene rings is 2. The van der Waals surface area contributed by atoms with E-state index in [0.717, 1.165) is 33.2 Å². The second-order valence-corrected chi connectivity index (χ2v) is 7.76. The van der Waals surface area contributed by atoms with E-state index < -0.39 is 0 Å². The van der Waals surface area contributed by atoms with Gasteiger partial charge in [0.15, 0.2) is 5.78 Å². The van der Waals surface area contributed by atoms with Crippen LogP contribution in [0.2, 0.25) is 0 Å². The standard InChI is InChI=1S/C19H18BrIO3/c1-2-12-3-5-13(6-4-12)19(22)15-9-17(21)18(10-16(15)20)24-14-7-8-23-11-14/h3-6,9-10,14H,2,7-8,11H2,1H3/t14-/m0/s1. The summed E-state index contributed by atoms with van der Waals surface area (Å²) in [5, 5.41) is 0. The third kappa shape index (κ3) is 4.00. The van der Waals surface area contributed by atoms with E-state index in [1.807, 2.05) is 36.4 Å². The molecule has 2 aromatic rings. The molecule has 0 N–H and O–H groups in total. The summed E-state index contributed by atoms with van der Waals surface area (Å²) in [4.78, 5) is 12.8. The van der Waals surface area contributed by atoms with Gasteiger partial charge in [-0.05, 0) is 62.6 Å². The minimum Gasteiger partial charge on any atom is -0.487 e. The molecule has 0 bridgehead atoms. The first-order valence-corrected chi connectivity index (χ1v) is 9.82. The molecular weight excluding hydrogens is 483 g/mol. The van der Waals surface area contributed by atoms with Crippen LogP contribution in [0.1, 0.15) is 34.8 Å². The number of ketones is 1. The molecular formula is C19H18BrIO3. The molecule has 0 spiro atoms. The Morgan fingerprint density at radius 3 is 2.71 bits per heavy atom. The summed E-state index contributed by atoms with van der Waals surface area (Å²) in [5.41, 5.74) is 2.57. The third-order valence-corrected chi connectivity index (χ3v) is 5.57. The van der Waals surface area contributed by atoms with Crippen molar-refractivity contribution in [2.24, 2.45) is 0 Å². The molecule has 5 heteroatoms. The minimum absolute atomic E-state index is 0.0122. The largest absolute Gasteiger partial charge is 0.487 e. The second-order valence-electron chi connectivity index (χ2n) is 5.75. The van der Waals surface area contributed by atoms with Crippen LogP contribution in [-0.4, -0.2) is 25.1 Å². The fourth-order valence-corrected chi connectivity index (χ4v) is 3.72. The van der Waals surface area contributed by atoms with E-state index in [9.17, 15) is 4.79 Å². The van der Waals surface area contributed by atoms with Crippen molar-refractivity contribution in [3.05, 3.63) is 61.1 Å². The number of halogens is 2. The molecule has 1 saturated heterocycles. The van der Waals surface area contributed by atoms with E-state index in [1.54, 1.807) is 0 Å². The van der Waals surface area contributed by atoms with Crippen molar-refractivity contribution in [2.45, 2.75) is 25.9 Å². The van der Waals surface area contributed by atoms with E-state index in [0.29, 0.717) is 17.7 Å². The predicted molar refractivity (Wildman–Crippen MR) is 106 cm³/mol. The molecule has 2 aromatic carbocycles. The van der Waals surface area contributed by atoms with Gasteiger partial charge in [0.05, 0.1) is 16.8 Å². The number of hydrogen-bond donors (Lipinski definition) is 0. The molecule has 3 nitrogen and oxygen atoms in total. The Bertz CT molecular complexity index is 737. The zero-order valence-electron chi connectivity index (χ0n) is 13.4. The van der Waals surface area contributed by atoms with Crippen LogP contribution in [0, 0.1) is 3.57 Å². The molecule has 1 fully saturated rings. The summed E-state index contributed by atoms with van der Waals surface area (Å²) in [7, 11) is 0. The van der Waals surface area contributed by atoms with Crippen molar-refractivity contribution < 1.29 is 14.3 Å². The van der Waals surface area contributed by atoms with Crippen molar-refractivity contribution >= 4 is 44.3 Å². The highest BCUT2D eigenvalue weighted by atomic mass is 127. The van der Waals surface area contributed by atoms with E-state index in [-0.39, 0.29) is 11.9 Å². The Balaban J connectivity index is 1.84. The topological polar surface area (TPSA) is 35.5 Å². The Labute approximate surface area is 164 Å². The molecule has 0 unspecified atom stereocenters. The van der Waals surface area contributed by atoms with E-state index in [2.05, 4.69) is 45.4 Å². The van der Waals surface area contributed by atoms with Gasteiger partial charge in [0, 0.05) is 22.0 Å². The maximum atomic E-state index is 12.8. The Morgan fingerprint density at radius 1 is 1.33 bits per heavy atom. The van der Waals surface area contributed by atoms with Gasteiger partial charge in [-0.3, -0.25) is 4.79 Å². The maximum Gasteiger partial charge on any atom is 0.194 e. The van der Waals surface area contributed by atoms with Crippen LogP contribution in [0.4, 0.5) is 0 Å². The van der Waals surface area contributed by atoms with Gasteiger partial charge in [-0.15, -0.1) is 0 Å². The first-order chi connectivity index (χ1) is 11.6. The van der Waals surface area contributed by atoms with Gasteiger partial charge in [-0.25, -0.2) is 0 Å². The Hall–Kier alpha value is -0.920. The Morgan fingerprint density at radius 2 is 2.08 bits per heavy atom. The minimum atomic E-state index is 0.0122. The smallest absolute Gasteiger partial charge is 0.194 e. The summed E-state index contributed by atoms with van der Waals surface area (Å²) < 4.78 is 13.0. The monoisotopic (exact) mass is 500 g/mol. The average molecular weight is 501 g/mol. The van der Waals surface area contributed by atoms with Gasteiger partial charge in [0.25, 0.3) is 0 Å². The fraction of sp³-hybridized carbons (Fsp3) is 0.316. The number of rotatable bonds is 5. The molecule has 0 amide bonds. The first-order valence-electron chi connectivity index (χ1n) is 7.95. The maximum absolute atomic E-state index is 12.8. The van der Waals surface area contributed by atoms with Gasteiger partial charge >= 0.3 is 0 Å². The van der Waals surface area contributed by atoms with E-state index >= 15 is 0 Å². The summed E-state index contributed by atoms with van der Waals surface area (Å²) in [5.74, 6) is 0.800. The van der Waals surface area contributed by atoms with Gasteiger partial charge < -0.3 is 9.47 Å². The highest BCUT2D eigenvalue weighted by Crippen LogP contribution is 2.32. The van der Waals surface area contributed by atoms with E-state index in [4.69, 9.17) is 9.47 Å². The summed E-state index contributed by atoms with van der Waals surface area (Å²) in [6, 6.07) is 11.6. The lowest BCUT2D eigenvalue weighted by Crippen LogP contribution is -2.16. The average Bonchev–Trinajstić information content (AvgIpc) is 3.10. The number of carbonyl (C=O) groups excluding carboxylic acids is 1. The summed E-state index contributed by atoms with van der Waals surface area (Å²) in [6.45, 7) is 3.47. The molecule has 0 saturated carbocycles. The van der Waals surface area contributed by atoms with Crippen molar-refractivity contribution in [2.75, 3.05) is 13.2 Å². The van der Waals surface area contributed by atoms with Gasteiger partial charge in [0.2, 0.25) is 0 Å². The number of hydrogen-bond acceptors (Lipinski definition) is 3. The lowest BCUT2D eigenvalue weighted by Gasteiger charge is -2.15. The molecule has 1 heterocycles. The van der Waals surface area contributed by atoms with Crippen LogP contribution < -0.4 is 4.74 Å². The Kier molecular flexibility index (Phi) is 5.94. The van der Waals surface area contributed by atoms with Crippen LogP contribution in [0.15, 0.2) is 40.9 Å². The summed E-state index contributed by atoms with van der Waals surface area (Å²) >= 11 is 5.74. The lowest BCUT2D eigenvalue weighted by atomic mass is 10.0. The lowest BCUT2D eigenvalue weighted by molar-refractivity contribution is 0.103. The number of carbonyl (C=O) groups is 1. The normalized spacial score (nSPS) is 17.0. The van der Waals surface area contributed by atoms with Crippen molar-refractivity contribution in [1.82, 2.24) is 0 Å². The SMILES string of the molecule is CCc1ccc(C(=O)c2cc(I)c(O[C@H]3CCOC3)cc2Br)cc1. The predicted octanol–water partition coefficient (Wildman–Crippen LogP) is 5.01. The third-order valence-electron chi connectivity index (χ3n) is 4.07. The van der Waals surface area contributed by atoms with Crippen molar-refractivity contribution in [1.29, 1.82) is 0 Å². The van der Waals surface area contributed by atoms with Crippen LogP contribution >= 0.6 is 38.5 Å². The van der Waals surface area contributed by atoms with Crippen molar-refractivity contribution in [3.63, 3.8) is 0 Å². The molecule has 3 rings (SSSR count). The molecule has 126 valence electrons. The van der Waals surface area contributed by atoms with E-state index in [1.165, 1.54) is 5.56 Å². The van der Waals surface area contributed by atoms with Gasteiger partial charge in [0.1, 0.15) is 11.9 Å². The zero-order valence-corrected chi connectivity index (χ0v) is 17.1. The van der Waals surface area contributed by atoms with Crippen molar-refractivity contribution in [3.8, 4) is 5.75 Å². The molecule has 1 aliphatic heterocycles. The van der Waals surface area contributed by atoms with Crippen LogP contribution in [0.3, 0.4) is 0 Å². The molecule has 1 aliphatic rings. The van der Waals surface area contributed by atoms with Crippen LogP contribution in [0.5, 0.6) is 5.75 Å². The van der Waals surface area contributed by atoms with Gasteiger partial charge in [-0.1, -0.05) is 31.2 Å². The number of ether oxygens (including phenoxy) is 2. The molecule has 0 aromatic heterocycles. The molecule has 24 heavy (non-hydrogen) atoms. The molecule has 1 atom stereocenters. The molecule has 0 aliphatic carbocycles. The van der Waals surface area contributed by atoms with Crippen LogP contribution in [0.25, 0.3) is 0 Å². The summed E-state index contributed by atoms with van der Waals surface area (Å²) in [6.07, 6.45) is 1.96. The number of aryl methyl sites for hydroxylation is 1. The quantitative estimate of drug-likeness (QED) is 0.427.